The van der Waals surface area contributed by atoms with Crippen molar-refractivity contribution in [3.05, 3.63) is 17.5 Å². The Morgan fingerprint density at radius 2 is 2.30 bits per heavy atom. The fourth-order valence-corrected chi connectivity index (χ4v) is 4.35. The van der Waals surface area contributed by atoms with E-state index in [0.717, 1.165) is 50.7 Å². The van der Waals surface area contributed by atoms with Crippen LogP contribution in [0.5, 0.6) is 0 Å². The Kier molecular flexibility index (Phi) is 2.76. The molecule has 3 aromatic rings. The van der Waals surface area contributed by atoms with E-state index in [9.17, 15) is 0 Å². The van der Waals surface area contributed by atoms with Crippen LogP contribution >= 0.6 is 22.7 Å². The second-order valence-corrected chi connectivity index (χ2v) is 6.86. The van der Waals surface area contributed by atoms with Gasteiger partial charge in [-0.05, 0) is 31.4 Å². The number of ether oxygens (including phenoxy) is 1. The monoisotopic (exact) mass is 307 g/mol. The van der Waals surface area contributed by atoms with Gasteiger partial charge in [0.15, 0.2) is 10.8 Å². The molecule has 1 atom stereocenters. The predicted molar refractivity (Wildman–Crippen MR) is 79.0 cm³/mol. The third-order valence-corrected chi connectivity index (χ3v) is 5.48. The maximum absolute atomic E-state index is 5.86. The summed E-state index contributed by atoms with van der Waals surface area (Å²) in [5, 5.41) is 14.8. The highest BCUT2D eigenvalue weighted by atomic mass is 32.1. The summed E-state index contributed by atoms with van der Waals surface area (Å²) in [6.45, 7) is 2.84. The summed E-state index contributed by atoms with van der Waals surface area (Å²) < 4.78 is 7.48. The highest BCUT2D eigenvalue weighted by Gasteiger charge is 2.25. The fourth-order valence-electron chi connectivity index (χ4n) is 2.42. The molecule has 8 heteroatoms. The molecule has 0 aliphatic carbocycles. The van der Waals surface area contributed by atoms with Crippen molar-refractivity contribution in [2.45, 2.75) is 25.9 Å². The summed E-state index contributed by atoms with van der Waals surface area (Å²) in [5.41, 5.74) is 7.01. The molecule has 3 aromatic heterocycles. The van der Waals surface area contributed by atoms with Crippen LogP contribution in [0.1, 0.15) is 30.3 Å². The number of anilines is 1. The van der Waals surface area contributed by atoms with E-state index in [1.807, 2.05) is 17.5 Å². The molecule has 0 aromatic carbocycles. The highest BCUT2D eigenvalue weighted by Crippen LogP contribution is 2.37. The average molecular weight is 307 g/mol. The van der Waals surface area contributed by atoms with E-state index < -0.39 is 0 Å². The Bertz CT molecular complexity index is 768. The Labute approximate surface area is 123 Å². The topological polar surface area (TPSA) is 78.3 Å². The molecule has 20 heavy (non-hydrogen) atoms. The van der Waals surface area contributed by atoms with E-state index >= 15 is 0 Å². The molecular formula is C12H13N5OS2. The van der Waals surface area contributed by atoms with Gasteiger partial charge >= 0.3 is 0 Å². The number of thiophene rings is 1. The Balaban J connectivity index is 1.81. The molecule has 6 nitrogen and oxygen atoms in total. The smallest absolute Gasteiger partial charge is 0.235 e. The molecule has 0 radical (unpaired) electrons. The second-order valence-electron chi connectivity index (χ2n) is 4.82. The van der Waals surface area contributed by atoms with Gasteiger partial charge in [0.1, 0.15) is 6.10 Å². The maximum Gasteiger partial charge on any atom is 0.235 e. The van der Waals surface area contributed by atoms with Crippen molar-refractivity contribution in [1.29, 1.82) is 0 Å². The molecule has 0 amide bonds. The molecule has 1 unspecified atom stereocenters. The summed E-state index contributed by atoms with van der Waals surface area (Å²) >= 11 is 3.09. The zero-order valence-electron chi connectivity index (χ0n) is 10.9. The van der Waals surface area contributed by atoms with Crippen LogP contribution in [0.15, 0.2) is 6.07 Å². The van der Waals surface area contributed by atoms with Crippen LogP contribution in [-0.2, 0) is 4.74 Å². The van der Waals surface area contributed by atoms with Crippen LogP contribution in [0.4, 0.5) is 5.00 Å². The van der Waals surface area contributed by atoms with Crippen LogP contribution in [0.3, 0.4) is 0 Å². The highest BCUT2D eigenvalue weighted by molar-refractivity contribution is 7.25. The number of nitrogens with zero attached hydrogens (tertiary/aromatic N) is 4. The van der Waals surface area contributed by atoms with Gasteiger partial charge in [-0.25, -0.2) is 0 Å². The number of aromatic nitrogens is 4. The molecule has 1 saturated heterocycles. The minimum absolute atomic E-state index is 0.0226. The summed E-state index contributed by atoms with van der Waals surface area (Å²) in [5.74, 6) is 0.808. The van der Waals surface area contributed by atoms with Crippen molar-refractivity contribution in [3.8, 4) is 9.88 Å². The molecular weight excluding hydrogens is 294 g/mol. The zero-order valence-corrected chi connectivity index (χ0v) is 12.5. The van der Waals surface area contributed by atoms with Crippen LogP contribution in [0, 0.1) is 6.92 Å². The normalized spacial score (nSPS) is 19.1. The first kappa shape index (κ1) is 12.2. The number of aryl methyl sites for hydroxylation is 1. The minimum Gasteiger partial charge on any atom is -0.391 e. The van der Waals surface area contributed by atoms with Crippen molar-refractivity contribution >= 4 is 32.6 Å². The number of hydrogen-bond acceptors (Lipinski definition) is 7. The molecule has 4 heterocycles. The van der Waals surface area contributed by atoms with E-state index in [0.29, 0.717) is 0 Å². The summed E-state index contributed by atoms with van der Waals surface area (Å²) in [6.07, 6.45) is 2.07. The minimum atomic E-state index is 0.0226. The molecule has 1 aliphatic rings. The number of fused-ring (bicyclic) bond motifs is 1. The van der Waals surface area contributed by atoms with Crippen molar-refractivity contribution < 1.29 is 4.74 Å². The Morgan fingerprint density at radius 1 is 1.40 bits per heavy atom. The van der Waals surface area contributed by atoms with Gasteiger partial charge in [0.2, 0.25) is 4.96 Å². The molecule has 1 fully saturated rings. The quantitative estimate of drug-likeness (QED) is 0.787. The largest absolute Gasteiger partial charge is 0.391 e. The molecule has 0 spiro atoms. The van der Waals surface area contributed by atoms with Gasteiger partial charge in [0.25, 0.3) is 0 Å². The second kappa shape index (κ2) is 4.51. The lowest BCUT2D eigenvalue weighted by molar-refractivity contribution is 0.103. The lowest BCUT2D eigenvalue weighted by atomic mass is 10.2. The third-order valence-electron chi connectivity index (χ3n) is 3.36. The van der Waals surface area contributed by atoms with Crippen molar-refractivity contribution in [1.82, 2.24) is 19.8 Å². The van der Waals surface area contributed by atoms with Crippen molar-refractivity contribution in [2.75, 3.05) is 12.3 Å². The lowest BCUT2D eigenvalue weighted by Crippen LogP contribution is -2.03. The number of nitrogens with two attached hydrogens (primary N) is 1. The Hall–Kier alpha value is -1.51. The van der Waals surface area contributed by atoms with Gasteiger partial charge in [0, 0.05) is 6.61 Å². The fraction of sp³-hybridized carbons (Fsp3) is 0.417. The van der Waals surface area contributed by atoms with Gasteiger partial charge in [-0.2, -0.15) is 9.61 Å². The number of rotatable bonds is 2. The first-order chi connectivity index (χ1) is 9.72. The summed E-state index contributed by atoms with van der Waals surface area (Å²) in [6, 6.07) is 1.98. The van der Waals surface area contributed by atoms with Crippen molar-refractivity contribution in [2.24, 2.45) is 0 Å². The summed E-state index contributed by atoms with van der Waals surface area (Å²) in [7, 11) is 0. The van der Waals surface area contributed by atoms with Crippen LogP contribution in [0.25, 0.3) is 14.8 Å². The molecule has 104 valence electrons. The lowest BCUT2D eigenvalue weighted by Gasteiger charge is -2.04. The van der Waals surface area contributed by atoms with E-state index in [2.05, 4.69) is 15.3 Å². The Morgan fingerprint density at radius 3 is 3.00 bits per heavy atom. The number of nitrogen functional groups attached to an aromatic ring is 1. The van der Waals surface area contributed by atoms with Crippen LogP contribution < -0.4 is 5.73 Å². The standard InChI is InChI=1S/C12H13N5OS2/c1-6-5-8(13)19-9(6)11-16-17-10(7-3-2-4-18-7)14-15-12(17)20-11/h5,7H,2-4,13H2,1H3. The van der Waals surface area contributed by atoms with Gasteiger partial charge in [0.05, 0.1) is 9.88 Å². The van der Waals surface area contributed by atoms with E-state index in [1.54, 1.807) is 11.3 Å². The molecule has 0 saturated carbocycles. The third kappa shape index (κ3) is 1.83. The van der Waals surface area contributed by atoms with E-state index in [4.69, 9.17) is 10.5 Å². The zero-order chi connectivity index (χ0) is 13.7. The van der Waals surface area contributed by atoms with Crippen LogP contribution in [-0.4, -0.2) is 26.4 Å². The predicted octanol–water partition coefficient (Wildman–Crippen LogP) is 2.66. The first-order valence-corrected chi connectivity index (χ1v) is 8.05. The van der Waals surface area contributed by atoms with Gasteiger partial charge < -0.3 is 10.5 Å². The molecule has 4 rings (SSSR count). The van der Waals surface area contributed by atoms with E-state index in [1.165, 1.54) is 11.3 Å². The summed E-state index contributed by atoms with van der Waals surface area (Å²) in [4.78, 5) is 1.91. The average Bonchev–Trinajstić information content (AvgIpc) is 3.11. The molecule has 0 bridgehead atoms. The number of hydrogen-bond donors (Lipinski definition) is 1. The first-order valence-electron chi connectivity index (χ1n) is 6.42. The molecule has 2 N–H and O–H groups in total. The van der Waals surface area contributed by atoms with Crippen molar-refractivity contribution in [3.63, 3.8) is 0 Å². The van der Waals surface area contributed by atoms with Gasteiger partial charge in [-0.15, -0.1) is 21.5 Å². The maximum atomic E-state index is 5.86. The van der Waals surface area contributed by atoms with Gasteiger partial charge in [-0.3, -0.25) is 0 Å². The van der Waals surface area contributed by atoms with Gasteiger partial charge in [-0.1, -0.05) is 11.3 Å². The SMILES string of the molecule is Cc1cc(N)sc1-c1nn2c(C3CCCO3)nnc2s1. The van der Waals surface area contributed by atoms with Crippen LogP contribution in [0.2, 0.25) is 0 Å². The molecule has 1 aliphatic heterocycles. The van der Waals surface area contributed by atoms with E-state index in [-0.39, 0.29) is 6.10 Å².